The molecule has 0 unspecified atom stereocenters. The minimum absolute atomic E-state index is 0.206. The number of nitrogens with zero attached hydrogens (tertiary/aromatic N) is 3. The van der Waals surface area contributed by atoms with Gasteiger partial charge in [-0.1, -0.05) is 30.3 Å². The second-order valence-electron chi connectivity index (χ2n) is 5.52. The van der Waals surface area contributed by atoms with Crippen molar-refractivity contribution in [3.63, 3.8) is 0 Å². The van der Waals surface area contributed by atoms with E-state index >= 15 is 0 Å². The van der Waals surface area contributed by atoms with E-state index in [2.05, 4.69) is 20.7 Å². The van der Waals surface area contributed by atoms with Crippen LogP contribution in [0.1, 0.15) is 24.5 Å². The maximum atomic E-state index is 12.2. The molecule has 0 spiro atoms. The molecular formula is C17H22F3N5. The van der Waals surface area contributed by atoms with Crippen molar-refractivity contribution < 1.29 is 13.2 Å². The molecule has 0 atom stereocenters. The molecule has 1 aromatic carbocycles. The van der Waals surface area contributed by atoms with E-state index in [0.29, 0.717) is 25.6 Å². The first kappa shape index (κ1) is 18.8. The molecule has 0 saturated heterocycles. The molecule has 1 aromatic heterocycles. The molecule has 0 saturated carbocycles. The molecule has 5 nitrogen and oxygen atoms in total. The summed E-state index contributed by atoms with van der Waals surface area (Å²) in [4.78, 5) is 4.30. The highest BCUT2D eigenvalue weighted by Gasteiger charge is 2.26. The van der Waals surface area contributed by atoms with Gasteiger partial charge in [-0.15, -0.1) is 0 Å². The molecule has 2 rings (SSSR count). The number of benzene rings is 1. The van der Waals surface area contributed by atoms with Gasteiger partial charge in [0.1, 0.15) is 0 Å². The van der Waals surface area contributed by atoms with E-state index in [4.69, 9.17) is 0 Å². The van der Waals surface area contributed by atoms with Gasteiger partial charge >= 0.3 is 6.18 Å². The zero-order valence-corrected chi connectivity index (χ0v) is 14.1. The standard InChI is InChI=1S/C17H22F3N5/c1-2-21-16(22-9-8-17(18,19)20)23-10-15-11-24-25(13-15)12-14-6-4-3-5-7-14/h3-7,11,13H,2,8-10,12H2,1H3,(H2,21,22,23). The van der Waals surface area contributed by atoms with Crippen LogP contribution in [0.3, 0.4) is 0 Å². The molecule has 8 heteroatoms. The lowest BCUT2D eigenvalue weighted by Gasteiger charge is -2.12. The first-order chi connectivity index (χ1) is 12.0. The Balaban J connectivity index is 1.89. The predicted octanol–water partition coefficient (Wildman–Crippen LogP) is 2.94. The van der Waals surface area contributed by atoms with E-state index in [1.807, 2.05) is 48.1 Å². The Morgan fingerprint density at radius 2 is 1.92 bits per heavy atom. The van der Waals surface area contributed by atoms with Crippen molar-refractivity contribution in [1.29, 1.82) is 0 Å². The normalized spacial score (nSPS) is 12.2. The highest BCUT2D eigenvalue weighted by Crippen LogP contribution is 2.18. The third-order valence-electron chi connectivity index (χ3n) is 3.34. The minimum atomic E-state index is -4.18. The average molecular weight is 353 g/mol. The van der Waals surface area contributed by atoms with Crippen molar-refractivity contribution in [3.8, 4) is 0 Å². The monoisotopic (exact) mass is 353 g/mol. The number of aromatic nitrogens is 2. The minimum Gasteiger partial charge on any atom is -0.357 e. The number of hydrogen-bond donors (Lipinski definition) is 2. The molecule has 2 N–H and O–H groups in total. The number of nitrogens with one attached hydrogen (secondary N) is 2. The summed E-state index contributed by atoms with van der Waals surface area (Å²) in [6.07, 6.45) is -1.48. The Morgan fingerprint density at radius 1 is 1.16 bits per heavy atom. The lowest BCUT2D eigenvalue weighted by atomic mass is 10.2. The van der Waals surface area contributed by atoms with Crippen molar-refractivity contribution in [1.82, 2.24) is 20.4 Å². The van der Waals surface area contributed by atoms with Gasteiger partial charge in [-0.25, -0.2) is 4.99 Å². The van der Waals surface area contributed by atoms with E-state index in [9.17, 15) is 13.2 Å². The van der Waals surface area contributed by atoms with Gasteiger partial charge < -0.3 is 10.6 Å². The summed E-state index contributed by atoms with van der Waals surface area (Å²) in [6.45, 7) is 3.23. The van der Waals surface area contributed by atoms with Crippen LogP contribution in [0.4, 0.5) is 13.2 Å². The van der Waals surface area contributed by atoms with Crippen molar-refractivity contribution in [2.24, 2.45) is 4.99 Å². The summed E-state index contributed by atoms with van der Waals surface area (Å²) in [5, 5.41) is 9.90. The summed E-state index contributed by atoms with van der Waals surface area (Å²) in [7, 11) is 0. The van der Waals surface area contributed by atoms with E-state index in [1.165, 1.54) is 0 Å². The van der Waals surface area contributed by atoms with Crippen LogP contribution in [0.5, 0.6) is 0 Å². The van der Waals surface area contributed by atoms with Crippen molar-refractivity contribution >= 4 is 5.96 Å². The van der Waals surface area contributed by atoms with Gasteiger partial charge in [0.2, 0.25) is 0 Å². The summed E-state index contributed by atoms with van der Waals surface area (Å²) >= 11 is 0. The van der Waals surface area contributed by atoms with Crippen LogP contribution >= 0.6 is 0 Å². The van der Waals surface area contributed by atoms with Gasteiger partial charge in [0.15, 0.2) is 5.96 Å². The largest absolute Gasteiger partial charge is 0.390 e. The molecule has 0 bridgehead atoms. The first-order valence-corrected chi connectivity index (χ1v) is 8.10. The lowest BCUT2D eigenvalue weighted by Crippen LogP contribution is -2.38. The summed E-state index contributed by atoms with van der Waals surface area (Å²) in [6, 6.07) is 9.94. The van der Waals surface area contributed by atoms with Crippen LogP contribution in [0, 0.1) is 0 Å². The molecule has 0 aliphatic heterocycles. The van der Waals surface area contributed by atoms with Crippen LogP contribution < -0.4 is 10.6 Å². The Morgan fingerprint density at radius 3 is 2.60 bits per heavy atom. The number of alkyl halides is 3. The molecule has 1 heterocycles. The molecule has 25 heavy (non-hydrogen) atoms. The number of rotatable bonds is 7. The summed E-state index contributed by atoms with van der Waals surface area (Å²) < 4.78 is 38.4. The van der Waals surface area contributed by atoms with Gasteiger partial charge in [-0.2, -0.15) is 18.3 Å². The topological polar surface area (TPSA) is 54.2 Å². The van der Waals surface area contributed by atoms with Gasteiger partial charge in [-0.05, 0) is 12.5 Å². The fraction of sp³-hybridized carbons (Fsp3) is 0.412. The Bertz CT molecular complexity index is 664. The smallest absolute Gasteiger partial charge is 0.357 e. The lowest BCUT2D eigenvalue weighted by molar-refractivity contribution is -0.132. The Kier molecular flexibility index (Phi) is 6.85. The second kappa shape index (κ2) is 9.10. The third-order valence-corrected chi connectivity index (χ3v) is 3.34. The first-order valence-electron chi connectivity index (χ1n) is 8.10. The van der Waals surface area contributed by atoms with E-state index in [1.54, 1.807) is 6.20 Å². The third kappa shape index (κ3) is 7.28. The summed E-state index contributed by atoms with van der Waals surface area (Å²) in [5.41, 5.74) is 2.03. The second-order valence-corrected chi connectivity index (χ2v) is 5.52. The fourth-order valence-corrected chi connectivity index (χ4v) is 2.18. The molecule has 0 aliphatic carbocycles. The molecule has 0 aliphatic rings. The van der Waals surface area contributed by atoms with Crippen molar-refractivity contribution in [2.45, 2.75) is 32.6 Å². The van der Waals surface area contributed by atoms with E-state index < -0.39 is 12.6 Å². The Hall–Kier alpha value is -2.51. The zero-order chi connectivity index (χ0) is 18.1. The number of guanidine groups is 1. The maximum Gasteiger partial charge on any atom is 0.390 e. The molecule has 0 radical (unpaired) electrons. The fourth-order valence-electron chi connectivity index (χ4n) is 2.18. The van der Waals surface area contributed by atoms with Crippen LogP contribution in [0.25, 0.3) is 0 Å². The van der Waals surface area contributed by atoms with E-state index in [-0.39, 0.29) is 6.54 Å². The predicted molar refractivity (Wildman–Crippen MR) is 91.3 cm³/mol. The van der Waals surface area contributed by atoms with E-state index in [0.717, 1.165) is 11.1 Å². The van der Waals surface area contributed by atoms with Gasteiger partial charge in [0.05, 0.1) is 25.7 Å². The van der Waals surface area contributed by atoms with Gasteiger partial charge in [0.25, 0.3) is 0 Å². The van der Waals surface area contributed by atoms with Crippen molar-refractivity contribution in [2.75, 3.05) is 13.1 Å². The maximum absolute atomic E-state index is 12.2. The number of aliphatic imine (C=N–C) groups is 1. The average Bonchev–Trinajstić information content (AvgIpc) is 3.00. The van der Waals surface area contributed by atoms with Crippen LogP contribution in [-0.2, 0) is 13.1 Å². The SMILES string of the molecule is CCNC(=NCc1cnn(Cc2ccccc2)c1)NCCC(F)(F)F. The molecule has 0 amide bonds. The van der Waals surface area contributed by atoms with Crippen LogP contribution in [0.15, 0.2) is 47.7 Å². The molecular weight excluding hydrogens is 331 g/mol. The molecule has 2 aromatic rings. The highest BCUT2D eigenvalue weighted by molar-refractivity contribution is 5.79. The Labute approximate surface area is 145 Å². The number of halogens is 3. The van der Waals surface area contributed by atoms with Gasteiger partial charge in [0, 0.05) is 24.8 Å². The zero-order valence-electron chi connectivity index (χ0n) is 14.1. The quantitative estimate of drug-likeness (QED) is 0.594. The molecule has 136 valence electrons. The van der Waals surface area contributed by atoms with Crippen LogP contribution in [-0.4, -0.2) is 35.0 Å². The number of hydrogen-bond acceptors (Lipinski definition) is 2. The van der Waals surface area contributed by atoms with Gasteiger partial charge in [-0.3, -0.25) is 4.68 Å². The van der Waals surface area contributed by atoms with Crippen LogP contribution in [0.2, 0.25) is 0 Å². The van der Waals surface area contributed by atoms with Crippen molar-refractivity contribution in [3.05, 3.63) is 53.9 Å². The highest BCUT2D eigenvalue weighted by atomic mass is 19.4. The molecule has 0 fully saturated rings. The summed E-state index contributed by atoms with van der Waals surface area (Å²) in [5.74, 6) is 0.363.